The molecule has 0 unspecified atom stereocenters. The van der Waals surface area contributed by atoms with Gasteiger partial charge in [-0.05, 0) is 18.2 Å². The Balaban J connectivity index is 1.98. The standard InChI is InChI=1S/C10H9N5/c1-3-8-10(11-4-1)14-9(13-8)7-15-6-2-5-12-15/h1-6H,7H2,(H,11,13,14). The lowest BCUT2D eigenvalue weighted by molar-refractivity contribution is 0.663. The van der Waals surface area contributed by atoms with E-state index in [0.29, 0.717) is 6.54 Å². The van der Waals surface area contributed by atoms with E-state index in [0.717, 1.165) is 17.0 Å². The minimum atomic E-state index is 0.642. The third kappa shape index (κ3) is 1.48. The van der Waals surface area contributed by atoms with Crippen molar-refractivity contribution in [2.45, 2.75) is 6.54 Å². The highest BCUT2D eigenvalue weighted by Gasteiger charge is 2.02. The van der Waals surface area contributed by atoms with Crippen molar-refractivity contribution in [3.05, 3.63) is 42.6 Å². The van der Waals surface area contributed by atoms with E-state index in [4.69, 9.17) is 0 Å². The molecular weight excluding hydrogens is 190 g/mol. The first kappa shape index (κ1) is 8.16. The number of hydrogen-bond acceptors (Lipinski definition) is 3. The van der Waals surface area contributed by atoms with Gasteiger partial charge in [0, 0.05) is 18.6 Å². The van der Waals surface area contributed by atoms with E-state index in [1.807, 2.05) is 29.1 Å². The van der Waals surface area contributed by atoms with Crippen LogP contribution in [0.1, 0.15) is 5.82 Å². The maximum atomic E-state index is 4.36. The van der Waals surface area contributed by atoms with Gasteiger partial charge in [0.1, 0.15) is 5.82 Å². The summed E-state index contributed by atoms with van der Waals surface area (Å²) in [5.74, 6) is 0.868. The molecule has 0 aromatic carbocycles. The molecule has 0 aliphatic heterocycles. The topological polar surface area (TPSA) is 59.4 Å². The average molecular weight is 199 g/mol. The molecule has 3 heterocycles. The molecule has 0 fully saturated rings. The molecule has 1 N–H and O–H groups in total. The van der Waals surface area contributed by atoms with Gasteiger partial charge in [-0.2, -0.15) is 5.10 Å². The second-order valence-corrected chi connectivity index (χ2v) is 3.26. The van der Waals surface area contributed by atoms with Crippen LogP contribution in [0.5, 0.6) is 0 Å². The second-order valence-electron chi connectivity index (χ2n) is 3.26. The minimum absolute atomic E-state index is 0.642. The van der Waals surface area contributed by atoms with Crippen molar-refractivity contribution in [1.29, 1.82) is 0 Å². The fraction of sp³-hybridized carbons (Fsp3) is 0.100. The van der Waals surface area contributed by atoms with E-state index in [9.17, 15) is 0 Å². The maximum absolute atomic E-state index is 4.36. The molecule has 0 aliphatic carbocycles. The number of fused-ring (bicyclic) bond motifs is 1. The van der Waals surface area contributed by atoms with Gasteiger partial charge in [-0.25, -0.2) is 9.97 Å². The van der Waals surface area contributed by atoms with Gasteiger partial charge in [0.25, 0.3) is 0 Å². The van der Waals surface area contributed by atoms with Gasteiger partial charge in [-0.3, -0.25) is 4.68 Å². The normalized spacial score (nSPS) is 10.9. The van der Waals surface area contributed by atoms with Crippen molar-refractivity contribution in [2.75, 3.05) is 0 Å². The Hall–Kier alpha value is -2.17. The Morgan fingerprint density at radius 2 is 2.27 bits per heavy atom. The summed E-state index contributed by atoms with van der Waals surface area (Å²) < 4.78 is 1.82. The lowest BCUT2D eigenvalue weighted by Crippen LogP contribution is -2.01. The van der Waals surface area contributed by atoms with Crippen molar-refractivity contribution in [3.63, 3.8) is 0 Å². The lowest BCUT2D eigenvalue weighted by Gasteiger charge is -1.95. The first-order chi connectivity index (χ1) is 7.42. The number of imidazole rings is 1. The Kier molecular flexibility index (Phi) is 1.74. The minimum Gasteiger partial charge on any atom is -0.339 e. The van der Waals surface area contributed by atoms with Gasteiger partial charge < -0.3 is 4.98 Å². The van der Waals surface area contributed by atoms with E-state index >= 15 is 0 Å². The zero-order valence-electron chi connectivity index (χ0n) is 7.96. The molecule has 5 heteroatoms. The molecule has 0 bridgehead atoms. The molecule has 5 nitrogen and oxygen atoms in total. The lowest BCUT2D eigenvalue weighted by atomic mass is 10.4. The Morgan fingerprint density at radius 1 is 1.27 bits per heavy atom. The highest BCUT2D eigenvalue weighted by atomic mass is 15.3. The van der Waals surface area contributed by atoms with Crippen LogP contribution in [-0.4, -0.2) is 24.7 Å². The van der Waals surface area contributed by atoms with E-state index in [1.54, 1.807) is 12.4 Å². The molecule has 0 atom stereocenters. The number of hydrogen-bond donors (Lipinski definition) is 1. The van der Waals surface area contributed by atoms with Crippen LogP contribution in [0.3, 0.4) is 0 Å². The van der Waals surface area contributed by atoms with E-state index in [-0.39, 0.29) is 0 Å². The summed E-state index contributed by atoms with van der Waals surface area (Å²) in [6.45, 7) is 0.642. The molecule has 3 rings (SSSR count). The Bertz CT molecular complexity index is 533. The van der Waals surface area contributed by atoms with Gasteiger partial charge in [0.15, 0.2) is 5.65 Å². The third-order valence-corrected chi connectivity index (χ3v) is 2.18. The van der Waals surface area contributed by atoms with Crippen molar-refractivity contribution >= 4 is 11.2 Å². The maximum Gasteiger partial charge on any atom is 0.177 e. The SMILES string of the molecule is c1cnc2nc(Cn3cccn3)[nH]c2c1. The molecule has 0 radical (unpaired) electrons. The quantitative estimate of drug-likeness (QED) is 0.674. The summed E-state index contributed by atoms with van der Waals surface area (Å²) in [6.07, 6.45) is 5.39. The van der Waals surface area contributed by atoms with Gasteiger partial charge in [0.05, 0.1) is 12.1 Å². The molecule has 3 aromatic rings. The number of H-pyrrole nitrogens is 1. The highest BCUT2D eigenvalue weighted by molar-refractivity contribution is 5.69. The second kappa shape index (κ2) is 3.20. The summed E-state index contributed by atoms with van der Waals surface area (Å²) in [5.41, 5.74) is 1.71. The van der Waals surface area contributed by atoms with E-state index < -0.39 is 0 Å². The zero-order valence-corrected chi connectivity index (χ0v) is 7.96. The van der Waals surface area contributed by atoms with Crippen molar-refractivity contribution in [3.8, 4) is 0 Å². The largest absolute Gasteiger partial charge is 0.339 e. The first-order valence-corrected chi connectivity index (χ1v) is 4.69. The predicted octanol–water partition coefficient (Wildman–Crippen LogP) is 1.20. The van der Waals surface area contributed by atoms with Crippen molar-refractivity contribution < 1.29 is 0 Å². The molecule has 0 aliphatic rings. The van der Waals surface area contributed by atoms with Gasteiger partial charge in [-0.15, -0.1) is 0 Å². The average Bonchev–Trinajstić information content (AvgIpc) is 2.86. The number of rotatable bonds is 2. The van der Waals surface area contributed by atoms with Crippen LogP contribution < -0.4 is 0 Å². The van der Waals surface area contributed by atoms with E-state index in [2.05, 4.69) is 20.1 Å². The van der Waals surface area contributed by atoms with Crippen LogP contribution in [0.4, 0.5) is 0 Å². The van der Waals surface area contributed by atoms with Crippen LogP contribution >= 0.6 is 0 Å². The summed E-state index contributed by atoms with van der Waals surface area (Å²) in [4.78, 5) is 11.7. The number of nitrogens with zero attached hydrogens (tertiary/aromatic N) is 4. The molecule has 0 amide bonds. The van der Waals surface area contributed by atoms with Crippen molar-refractivity contribution in [2.24, 2.45) is 0 Å². The Labute approximate surface area is 85.8 Å². The summed E-state index contributed by atoms with van der Waals surface area (Å²) in [6, 6.07) is 5.74. The molecule has 0 saturated heterocycles. The van der Waals surface area contributed by atoms with Crippen LogP contribution in [0, 0.1) is 0 Å². The third-order valence-electron chi connectivity index (χ3n) is 2.18. The Morgan fingerprint density at radius 3 is 3.07 bits per heavy atom. The number of pyridine rings is 1. The monoisotopic (exact) mass is 199 g/mol. The number of nitrogens with one attached hydrogen (secondary N) is 1. The summed E-state index contributed by atoms with van der Waals surface area (Å²) in [5, 5.41) is 4.12. The van der Waals surface area contributed by atoms with Gasteiger partial charge in [0.2, 0.25) is 0 Å². The summed E-state index contributed by atoms with van der Waals surface area (Å²) in [7, 11) is 0. The molecule has 0 spiro atoms. The molecule has 74 valence electrons. The molecule has 3 aromatic heterocycles. The molecule has 15 heavy (non-hydrogen) atoms. The van der Waals surface area contributed by atoms with Crippen LogP contribution in [0.25, 0.3) is 11.2 Å². The van der Waals surface area contributed by atoms with E-state index in [1.165, 1.54) is 0 Å². The van der Waals surface area contributed by atoms with Crippen LogP contribution in [0.2, 0.25) is 0 Å². The zero-order chi connectivity index (χ0) is 10.1. The van der Waals surface area contributed by atoms with Gasteiger partial charge in [-0.1, -0.05) is 0 Å². The number of aromatic amines is 1. The fourth-order valence-corrected chi connectivity index (χ4v) is 1.52. The molecule has 0 saturated carbocycles. The smallest absolute Gasteiger partial charge is 0.177 e. The predicted molar refractivity (Wildman–Crippen MR) is 55.2 cm³/mol. The molecular formula is C10H9N5. The van der Waals surface area contributed by atoms with Gasteiger partial charge >= 0.3 is 0 Å². The fourth-order valence-electron chi connectivity index (χ4n) is 1.52. The summed E-state index contributed by atoms with van der Waals surface area (Å²) >= 11 is 0. The highest BCUT2D eigenvalue weighted by Crippen LogP contribution is 2.07. The van der Waals surface area contributed by atoms with Crippen LogP contribution in [-0.2, 0) is 6.54 Å². The van der Waals surface area contributed by atoms with Crippen LogP contribution in [0.15, 0.2) is 36.8 Å². The van der Waals surface area contributed by atoms with Crippen molar-refractivity contribution in [1.82, 2.24) is 24.7 Å². The number of aromatic nitrogens is 5. The first-order valence-electron chi connectivity index (χ1n) is 4.69.